The first kappa shape index (κ1) is 11.9. The van der Waals surface area contributed by atoms with Gasteiger partial charge in [-0.2, -0.15) is 0 Å². The van der Waals surface area contributed by atoms with Crippen LogP contribution in [-0.2, 0) is 6.54 Å². The van der Waals surface area contributed by atoms with Gasteiger partial charge in [0.1, 0.15) is 5.01 Å². The first-order chi connectivity index (χ1) is 8.28. The maximum absolute atomic E-state index is 4.40. The molecule has 0 amide bonds. The number of aromatic nitrogens is 2. The van der Waals surface area contributed by atoms with Gasteiger partial charge in [0, 0.05) is 17.6 Å². The summed E-state index contributed by atoms with van der Waals surface area (Å²) in [5, 5.41) is 9.71. The Morgan fingerprint density at radius 3 is 2.65 bits per heavy atom. The molecule has 0 unspecified atom stereocenters. The summed E-state index contributed by atoms with van der Waals surface area (Å²) in [5.41, 5.74) is 3.12. The highest BCUT2D eigenvalue weighted by Crippen LogP contribution is 2.15. The summed E-state index contributed by atoms with van der Waals surface area (Å²) < 4.78 is 0. The molecular weight excluding hydrogens is 232 g/mol. The summed E-state index contributed by atoms with van der Waals surface area (Å²) >= 11 is 1.67. The topological polar surface area (TPSA) is 49.8 Å². The van der Waals surface area contributed by atoms with Gasteiger partial charge in [-0.25, -0.2) is 4.98 Å². The van der Waals surface area contributed by atoms with Gasteiger partial charge >= 0.3 is 0 Å². The highest BCUT2D eigenvalue weighted by molar-refractivity contribution is 7.09. The average molecular weight is 248 g/mol. The van der Waals surface area contributed by atoms with Gasteiger partial charge in [0.15, 0.2) is 0 Å². The normalized spacial score (nSPS) is 10.2. The van der Waals surface area contributed by atoms with Gasteiger partial charge in [0.25, 0.3) is 0 Å². The van der Waals surface area contributed by atoms with Gasteiger partial charge in [-0.15, -0.1) is 11.3 Å². The van der Waals surface area contributed by atoms with Crippen molar-refractivity contribution in [3.63, 3.8) is 0 Å². The third-order valence-corrected chi connectivity index (χ3v) is 3.20. The second kappa shape index (κ2) is 5.63. The number of hydrogen-bond donors (Lipinski definition) is 2. The summed E-state index contributed by atoms with van der Waals surface area (Å²) in [6.07, 6.45) is 3.64. The van der Waals surface area contributed by atoms with E-state index < -0.39 is 0 Å². The van der Waals surface area contributed by atoms with Crippen LogP contribution in [0.25, 0.3) is 0 Å². The molecule has 2 N–H and O–H groups in total. The van der Waals surface area contributed by atoms with Crippen molar-refractivity contribution >= 4 is 22.7 Å². The maximum Gasteiger partial charge on any atom is 0.112 e. The van der Waals surface area contributed by atoms with Crippen molar-refractivity contribution < 1.29 is 0 Å². The number of pyridine rings is 1. The summed E-state index contributed by atoms with van der Waals surface area (Å²) in [5.74, 6) is 0. The van der Waals surface area contributed by atoms with Crippen LogP contribution in [0.4, 0.5) is 11.4 Å². The Morgan fingerprint density at radius 1 is 1.24 bits per heavy atom. The van der Waals surface area contributed by atoms with Crippen molar-refractivity contribution in [2.45, 2.75) is 20.4 Å². The van der Waals surface area contributed by atoms with E-state index in [1.165, 1.54) is 0 Å². The molecule has 2 aromatic heterocycles. The van der Waals surface area contributed by atoms with Gasteiger partial charge in [-0.3, -0.25) is 4.98 Å². The molecule has 0 atom stereocenters. The van der Waals surface area contributed by atoms with Crippen LogP contribution in [-0.4, -0.2) is 16.5 Å². The van der Waals surface area contributed by atoms with E-state index in [0.717, 1.165) is 35.2 Å². The number of nitrogens with zero attached hydrogens (tertiary/aromatic N) is 2. The Labute approximate surface area is 105 Å². The molecule has 0 spiro atoms. The third kappa shape index (κ3) is 3.42. The monoisotopic (exact) mass is 248 g/mol. The SMILES string of the molecule is CCNc1cncc(NCc2nc(C)cs2)c1. The van der Waals surface area contributed by atoms with Crippen LogP contribution < -0.4 is 10.6 Å². The molecule has 5 heteroatoms. The van der Waals surface area contributed by atoms with E-state index in [0.29, 0.717) is 0 Å². The highest BCUT2D eigenvalue weighted by atomic mass is 32.1. The number of hydrogen-bond acceptors (Lipinski definition) is 5. The number of anilines is 2. The number of thiazole rings is 1. The smallest absolute Gasteiger partial charge is 0.112 e. The average Bonchev–Trinajstić information content (AvgIpc) is 2.74. The van der Waals surface area contributed by atoms with E-state index in [9.17, 15) is 0 Å². The molecule has 0 radical (unpaired) electrons. The molecule has 0 saturated carbocycles. The predicted molar refractivity (Wildman–Crippen MR) is 72.6 cm³/mol. The lowest BCUT2D eigenvalue weighted by molar-refractivity contribution is 1.07. The molecule has 90 valence electrons. The van der Waals surface area contributed by atoms with Crippen LogP contribution in [0.15, 0.2) is 23.8 Å². The predicted octanol–water partition coefficient (Wildman–Crippen LogP) is 2.89. The standard InChI is InChI=1S/C12H16N4S/c1-3-14-10-4-11(6-13-5-10)15-7-12-16-9(2)8-17-12/h4-6,8,14-15H,3,7H2,1-2H3. The summed E-state index contributed by atoms with van der Waals surface area (Å²) in [7, 11) is 0. The minimum Gasteiger partial charge on any atom is -0.384 e. The lowest BCUT2D eigenvalue weighted by atomic mass is 10.3. The van der Waals surface area contributed by atoms with E-state index in [4.69, 9.17) is 0 Å². The largest absolute Gasteiger partial charge is 0.384 e. The molecule has 0 bridgehead atoms. The summed E-state index contributed by atoms with van der Waals surface area (Å²) in [6, 6.07) is 2.05. The fraction of sp³-hybridized carbons (Fsp3) is 0.333. The van der Waals surface area contributed by atoms with Gasteiger partial charge in [0.2, 0.25) is 0 Å². The molecule has 2 rings (SSSR count). The quantitative estimate of drug-likeness (QED) is 0.854. The molecule has 0 aromatic carbocycles. The van der Waals surface area contributed by atoms with E-state index in [1.54, 1.807) is 11.3 Å². The molecule has 0 fully saturated rings. The molecule has 2 aromatic rings. The van der Waals surface area contributed by atoms with Crippen molar-refractivity contribution in [3.05, 3.63) is 34.5 Å². The first-order valence-corrected chi connectivity index (χ1v) is 6.49. The molecule has 0 aliphatic carbocycles. The lowest BCUT2D eigenvalue weighted by Crippen LogP contribution is -2.02. The molecule has 0 saturated heterocycles. The molecule has 0 aliphatic heterocycles. The van der Waals surface area contributed by atoms with Crippen LogP contribution in [0, 0.1) is 6.92 Å². The van der Waals surface area contributed by atoms with E-state index in [1.807, 2.05) is 19.3 Å². The van der Waals surface area contributed by atoms with Crippen LogP contribution in [0.3, 0.4) is 0 Å². The Balaban J connectivity index is 1.96. The van der Waals surface area contributed by atoms with Crippen LogP contribution in [0.1, 0.15) is 17.6 Å². The lowest BCUT2D eigenvalue weighted by Gasteiger charge is -2.07. The van der Waals surface area contributed by atoms with Gasteiger partial charge in [-0.1, -0.05) is 0 Å². The summed E-state index contributed by atoms with van der Waals surface area (Å²) in [6.45, 7) is 5.72. The maximum atomic E-state index is 4.40. The Kier molecular flexibility index (Phi) is 3.93. The van der Waals surface area contributed by atoms with Crippen molar-refractivity contribution in [1.29, 1.82) is 0 Å². The molecule has 4 nitrogen and oxygen atoms in total. The molecular formula is C12H16N4S. The highest BCUT2D eigenvalue weighted by Gasteiger charge is 1.99. The minimum atomic E-state index is 0.746. The Morgan fingerprint density at radius 2 is 2.00 bits per heavy atom. The minimum absolute atomic E-state index is 0.746. The van der Waals surface area contributed by atoms with Crippen molar-refractivity contribution in [2.24, 2.45) is 0 Å². The molecule has 0 aliphatic rings. The number of rotatable bonds is 5. The zero-order valence-corrected chi connectivity index (χ0v) is 10.8. The van der Waals surface area contributed by atoms with E-state index >= 15 is 0 Å². The van der Waals surface area contributed by atoms with E-state index in [-0.39, 0.29) is 0 Å². The third-order valence-electron chi connectivity index (χ3n) is 2.23. The zero-order valence-electron chi connectivity index (χ0n) is 10.0. The second-order valence-electron chi connectivity index (χ2n) is 3.73. The van der Waals surface area contributed by atoms with Crippen LogP contribution in [0.5, 0.6) is 0 Å². The fourth-order valence-corrected chi connectivity index (χ4v) is 2.21. The zero-order chi connectivity index (χ0) is 12.1. The Bertz CT molecular complexity index is 481. The van der Waals surface area contributed by atoms with E-state index in [2.05, 4.69) is 39.0 Å². The van der Waals surface area contributed by atoms with Crippen molar-refractivity contribution in [2.75, 3.05) is 17.2 Å². The van der Waals surface area contributed by atoms with Crippen molar-refractivity contribution in [3.8, 4) is 0 Å². The molecule has 2 heterocycles. The number of nitrogens with one attached hydrogen (secondary N) is 2. The second-order valence-corrected chi connectivity index (χ2v) is 4.67. The Hall–Kier alpha value is -1.62. The molecule has 17 heavy (non-hydrogen) atoms. The van der Waals surface area contributed by atoms with Crippen molar-refractivity contribution in [1.82, 2.24) is 9.97 Å². The van der Waals surface area contributed by atoms with Crippen LogP contribution in [0.2, 0.25) is 0 Å². The first-order valence-electron chi connectivity index (χ1n) is 5.61. The van der Waals surface area contributed by atoms with Crippen LogP contribution >= 0.6 is 11.3 Å². The van der Waals surface area contributed by atoms with Gasteiger partial charge < -0.3 is 10.6 Å². The van der Waals surface area contributed by atoms with Gasteiger partial charge in [0.05, 0.1) is 30.3 Å². The summed E-state index contributed by atoms with van der Waals surface area (Å²) in [4.78, 5) is 8.58. The number of aryl methyl sites for hydroxylation is 1. The van der Waals surface area contributed by atoms with Gasteiger partial charge in [-0.05, 0) is 19.9 Å². The fourth-order valence-electron chi connectivity index (χ4n) is 1.50.